The van der Waals surface area contributed by atoms with Crippen LogP contribution in [0, 0.1) is 10.1 Å². The molecule has 0 bridgehead atoms. The highest BCUT2D eigenvalue weighted by Gasteiger charge is 2.39. The van der Waals surface area contributed by atoms with Gasteiger partial charge >= 0.3 is 12.1 Å². The number of nitro groups is 1. The van der Waals surface area contributed by atoms with Gasteiger partial charge in [-0.1, -0.05) is 42.5 Å². The molecule has 2 aliphatic heterocycles. The molecular formula is C21H16N2O6. The number of fused-ring (bicyclic) bond motifs is 1. The van der Waals surface area contributed by atoms with E-state index in [4.69, 9.17) is 9.47 Å². The molecule has 8 nitrogen and oxygen atoms in total. The molecule has 0 fully saturated rings. The molecule has 2 aromatic carbocycles. The van der Waals surface area contributed by atoms with Crippen molar-refractivity contribution >= 4 is 23.8 Å². The minimum Gasteiger partial charge on any atom is -0.452 e. The van der Waals surface area contributed by atoms with Gasteiger partial charge in [0.25, 0.3) is 5.69 Å². The lowest BCUT2D eigenvalue weighted by Crippen LogP contribution is -2.39. The Bertz CT molecular complexity index is 1030. The summed E-state index contributed by atoms with van der Waals surface area (Å²) in [7, 11) is 0. The summed E-state index contributed by atoms with van der Waals surface area (Å²) >= 11 is 0. The number of esters is 1. The summed E-state index contributed by atoms with van der Waals surface area (Å²) in [5.74, 6) is -0.533. The van der Waals surface area contributed by atoms with Crippen LogP contribution >= 0.6 is 0 Å². The largest absolute Gasteiger partial charge is 0.452 e. The molecule has 1 amide bonds. The average Bonchev–Trinajstić information content (AvgIpc) is 3.17. The third-order valence-electron chi connectivity index (χ3n) is 4.74. The van der Waals surface area contributed by atoms with Crippen LogP contribution in [0.4, 0.5) is 10.5 Å². The number of carbonyl (C=O) groups excluding carboxylic acids is 2. The second-order valence-corrected chi connectivity index (χ2v) is 6.51. The highest BCUT2D eigenvalue weighted by atomic mass is 16.6. The molecule has 0 unspecified atom stereocenters. The van der Waals surface area contributed by atoms with Gasteiger partial charge in [0.05, 0.1) is 10.5 Å². The summed E-state index contributed by atoms with van der Waals surface area (Å²) in [5, 5.41) is 11.4. The molecule has 0 N–H and O–H groups in total. The number of amides is 1. The van der Waals surface area contributed by atoms with Gasteiger partial charge in [-0.2, -0.15) is 0 Å². The number of ether oxygens (including phenoxy) is 2. The van der Waals surface area contributed by atoms with Crippen molar-refractivity contribution in [3.05, 3.63) is 93.7 Å². The van der Waals surface area contributed by atoms with E-state index in [1.165, 1.54) is 41.5 Å². The van der Waals surface area contributed by atoms with Crippen LogP contribution in [0.1, 0.15) is 22.7 Å². The number of cyclic esters (lactones) is 1. The fourth-order valence-corrected chi connectivity index (χ4v) is 3.43. The molecule has 4 rings (SSSR count). The van der Waals surface area contributed by atoms with E-state index in [-0.39, 0.29) is 12.3 Å². The van der Waals surface area contributed by atoms with Crippen molar-refractivity contribution in [3.8, 4) is 0 Å². The summed E-state index contributed by atoms with van der Waals surface area (Å²) in [5.41, 5.74) is 1.60. The van der Waals surface area contributed by atoms with Crippen molar-refractivity contribution in [1.29, 1.82) is 0 Å². The standard InChI is InChI=1S/C21H16N2O6/c24-19-10-9-18(29-19)20-16-7-4-8-17(23(26)27)15(16)11-12-22(20)21(25)28-13-14-5-2-1-3-6-14/h1-12,18,20H,13H2/t18-,20-/m1/s1. The number of benzene rings is 2. The maximum atomic E-state index is 12.8. The number of rotatable bonds is 4. The van der Waals surface area contributed by atoms with Crippen molar-refractivity contribution in [3.63, 3.8) is 0 Å². The summed E-state index contributed by atoms with van der Waals surface area (Å²) in [6.07, 6.45) is 4.29. The Morgan fingerprint density at radius 1 is 1.14 bits per heavy atom. The number of carbonyl (C=O) groups is 2. The van der Waals surface area contributed by atoms with Crippen LogP contribution in [0.2, 0.25) is 0 Å². The zero-order valence-electron chi connectivity index (χ0n) is 15.1. The van der Waals surface area contributed by atoms with Crippen molar-refractivity contribution < 1.29 is 24.0 Å². The summed E-state index contributed by atoms with van der Waals surface area (Å²) in [6.45, 7) is 0.0683. The fourth-order valence-electron chi connectivity index (χ4n) is 3.43. The zero-order valence-corrected chi connectivity index (χ0v) is 15.1. The average molecular weight is 392 g/mol. The maximum absolute atomic E-state index is 12.8. The van der Waals surface area contributed by atoms with E-state index in [1.54, 1.807) is 6.07 Å². The van der Waals surface area contributed by atoms with Gasteiger partial charge in [-0.05, 0) is 23.3 Å². The molecule has 0 spiro atoms. The Hall–Kier alpha value is -3.94. The molecule has 2 atom stereocenters. The van der Waals surface area contributed by atoms with E-state index in [0.29, 0.717) is 11.1 Å². The third kappa shape index (κ3) is 3.60. The first-order valence-electron chi connectivity index (χ1n) is 8.88. The lowest BCUT2D eigenvalue weighted by molar-refractivity contribution is -0.385. The Kier molecular flexibility index (Phi) is 4.82. The lowest BCUT2D eigenvalue weighted by atomic mass is 9.91. The minimum atomic E-state index is -0.780. The van der Waals surface area contributed by atoms with E-state index < -0.39 is 29.1 Å². The van der Waals surface area contributed by atoms with Gasteiger partial charge in [-0.25, -0.2) is 9.59 Å². The molecule has 0 saturated heterocycles. The summed E-state index contributed by atoms with van der Waals surface area (Å²) in [4.78, 5) is 36.6. The van der Waals surface area contributed by atoms with Crippen molar-refractivity contribution in [1.82, 2.24) is 4.90 Å². The highest BCUT2D eigenvalue weighted by Crippen LogP contribution is 2.39. The van der Waals surface area contributed by atoms with Crippen molar-refractivity contribution in [2.24, 2.45) is 0 Å². The van der Waals surface area contributed by atoms with E-state index in [1.807, 2.05) is 30.3 Å². The smallest absolute Gasteiger partial charge is 0.414 e. The summed E-state index contributed by atoms with van der Waals surface area (Å²) < 4.78 is 10.7. The van der Waals surface area contributed by atoms with Crippen molar-refractivity contribution in [2.75, 3.05) is 0 Å². The molecule has 0 saturated carbocycles. The highest BCUT2D eigenvalue weighted by molar-refractivity contribution is 5.85. The Labute approximate surface area is 165 Å². The molecule has 0 radical (unpaired) electrons. The van der Waals surface area contributed by atoms with Gasteiger partial charge in [-0.3, -0.25) is 15.0 Å². The van der Waals surface area contributed by atoms with Crippen LogP contribution < -0.4 is 0 Å². The predicted octanol–water partition coefficient (Wildman–Crippen LogP) is 3.74. The van der Waals surface area contributed by atoms with Gasteiger partial charge < -0.3 is 9.47 Å². The van der Waals surface area contributed by atoms with Crippen LogP contribution in [0.3, 0.4) is 0 Å². The van der Waals surface area contributed by atoms with Crippen LogP contribution in [-0.4, -0.2) is 28.0 Å². The topological polar surface area (TPSA) is 99.0 Å². The van der Waals surface area contributed by atoms with E-state index in [2.05, 4.69) is 0 Å². The van der Waals surface area contributed by atoms with Crippen LogP contribution in [-0.2, 0) is 20.9 Å². The monoisotopic (exact) mass is 392 g/mol. The molecular weight excluding hydrogens is 376 g/mol. The quantitative estimate of drug-likeness (QED) is 0.446. The number of hydrogen-bond donors (Lipinski definition) is 0. The first-order valence-corrected chi connectivity index (χ1v) is 8.88. The molecule has 146 valence electrons. The third-order valence-corrected chi connectivity index (χ3v) is 4.74. The number of nitro benzene ring substituents is 1. The molecule has 2 heterocycles. The molecule has 2 aromatic rings. The van der Waals surface area contributed by atoms with Gasteiger partial charge in [-0.15, -0.1) is 0 Å². The first-order chi connectivity index (χ1) is 14.0. The van der Waals surface area contributed by atoms with E-state index >= 15 is 0 Å². The molecule has 8 heteroatoms. The molecule has 0 aliphatic carbocycles. The zero-order chi connectivity index (χ0) is 20.4. The van der Waals surface area contributed by atoms with Gasteiger partial charge in [0.15, 0.2) is 0 Å². The normalized spacial score (nSPS) is 19.6. The Morgan fingerprint density at radius 3 is 2.62 bits per heavy atom. The summed E-state index contributed by atoms with van der Waals surface area (Å²) in [6, 6.07) is 13.0. The second kappa shape index (κ2) is 7.59. The predicted molar refractivity (Wildman–Crippen MR) is 102 cm³/mol. The van der Waals surface area contributed by atoms with Crippen LogP contribution in [0.25, 0.3) is 6.08 Å². The fraction of sp³-hybridized carbons (Fsp3) is 0.143. The van der Waals surface area contributed by atoms with Crippen LogP contribution in [0.15, 0.2) is 66.9 Å². The Balaban J connectivity index is 1.66. The SMILES string of the molecule is O=C1C=C[C@H]([C@H]2c3cccc([N+](=O)[O-])c3C=CN2C(=O)OCc2ccccc2)O1. The lowest BCUT2D eigenvalue weighted by Gasteiger charge is -2.34. The molecule has 0 aromatic heterocycles. The molecule has 2 aliphatic rings. The number of nitrogens with zero attached hydrogens (tertiary/aromatic N) is 2. The van der Waals surface area contributed by atoms with Crippen LogP contribution in [0.5, 0.6) is 0 Å². The second-order valence-electron chi connectivity index (χ2n) is 6.51. The first kappa shape index (κ1) is 18.4. The minimum absolute atomic E-state index is 0.0683. The van der Waals surface area contributed by atoms with Gasteiger partial charge in [0, 0.05) is 18.3 Å². The maximum Gasteiger partial charge on any atom is 0.414 e. The van der Waals surface area contributed by atoms with E-state index in [9.17, 15) is 19.7 Å². The van der Waals surface area contributed by atoms with Gasteiger partial charge in [0.1, 0.15) is 18.8 Å². The van der Waals surface area contributed by atoms with Crippen molar-refractivity contribution in [2.45, 2.75) is 18.8 Å². The van der Waals surface area contributed by atoms with Gasteiger partial charge in [0.2, 0.25) is 0 Å². The Morgan fingerprint density at radius 2 is 1.93 bits per heavy atom. The molecule has 29 heavy (non-hydrogen) atoms. The number of hydrogen-bond acceptors (Lipinski definition) is 6. The van der Waals surface area contributed by atoms with E-state index in [0.717, 1.165) is 5.56 Å².